The molecule has 0 aliphatic carbocycles. The second-order valence-corrected chi connectivity index (χ2v) is 5.59. The third kappa shape index (κ3) is 4.71. The Morgan fingerprint density at radius 1 is 1.26 bits per heavy atom. The first-order chi connectivity index (χ1) is 11.1. The van der Waals surface area contributed by atoms with Crippen molar-refractivity contribution in [1.29, 1.82) is 0 Å². The first kappa shape index (κ1) is 16.8. The molecule has 1 aromatic carbocycles. The minimum atomic E-state index is -0.191. The molecular weight excluding hydrogens is 290 g/mol. The van der Waals surface area contributed by atoms with Gasteiger partial charge in [0.05, 0.1) is 6.04 Å². The molecule has 2 rings (SSSR count). The molecule has 1 saturated heterocycles. The molecule has 1 aliphatic heterocycles. The van der Waals surface area contributed by atoms with E-state index in [1.165, 1.54) is 0 Å². The van der Waals surface area contributed by atoms with Gasteiger partial charge in [-0.15, -0.1) is 13.2 Å². The van der Waals surface area contributed by atoms with Crippen LogP contribution in [0.4, 0.5) is 4.79 Å². The van der Waals surface area contributed by atoms with Crippen molar-refractivity contribution in [1.82, 2.24) is 15.1 Å². The SMILES string of the molecule is C=CCN(CC=C)C(=O)NC1CC(=O)N(Cc2ccccc2)C1. The summed E-state index contributed by atoms with van der Waals surface area (Å²) < 4.78 is 0. The molecule has 0 aromatic heterocycles. The Morgan fingerprint density at radius 2 is 1.91 bits per heavy atom. The van der Waals surface area contributed by atoms with Crippen LogP contribution in [0, 0.1) is 0 Å². The molecule has 0 spiro atoms. The Morgan fingerprint density at radius 3 is 2.52 bits per heavy atom. The van der Waals surface area contributed by atoms with E-state index in [0.717, 1.165) is 5.56 Å². The van der Waals surface area contributed by atoms with Crippen molar-refractivity contribution in [3.63, 3.8) is 0 Å². The van der Waals surface area contributed by atoms with Crippen LogP contribution in [0.5, 0.6) is 0 Å². The number of urea groups is 1. The average molecular weight is 313 g/mol. The molecule has 0 saturated carbocycles. The Kier molecular flexibility index (Phi) is 5.97. The van der Waals surface area contributed by atoms with Gasteiger partial charge in [-0.05, 0) is 5.56 Å². The van der Waals surface area contributed by atoms with Gasteiger partial charge >= 0.3 is 6.03 Å². The fourth-order valence-corrected chi connectivity index (χ4v) is 2.64. The summed E-state index contributed by atoms with van der Waals surface area (Å²) in [6, 6.07) is 9.51. The number of nitrogens with zero attached hydrogens (tertiary/aromatic N) is 2. The fourth-order valence-electron chi connectivity index (χ4n) is 2.64. The number of rotatable bonds is 7. The minimum absolute atomic E-state index is 0.0677. The van der Waals surface area contributed by atoms with E-state index in [-0.39, 0.29) is 18.0 Å². The Labute approximate surface area is 137 Å². The maximum Gasteiger partial charge on any atom is 0.318 e. The maximum absolute atomic E-state index is 12.2. The molecule has 1 N–H and O–H groups in total. The molecule has 1 fully saturated rings. The van der Waals surface area contributed by atoms with Crippen LogP contribution in [0.25, 0.3) is 0 Å². The van der Waals surface area contributed by atoms with Crippen molar-refractivity contribution in [3.8, 4) is 0 Å². The van der Waals surface area contributed by atoms with Crippen LogP contribution in [-0.4, -0.2) is 47.4 Å². The Balaban J connectivity index is 1.90. The summed E-state index contributed by atoms with van der Waals surface area (Å²) in [5.74, 6) is 0.0677. The van der Waals surface area contributed by atoms with Crippen molar-refractivity contribution in [2.24, 2.45) is 0 Å². The van der Waals surface area contributed by atoms with Crippen molar-refractivity contribution in [2.75, 3.05) is 19.6 Å². The standard InChI is InChI=1S/C18H23N3O2/c1-3-10-20(11-4-2)18(23)19-16-12-17(22)21(14-16)13-15-8-6-5-7-9-15/h3-9,16H,1-2,10-14H2,(H,19,23). The van der Waals surface area contributed by atoms with Gasteiger partial charge in [-0.2, -0.15) is 0 Å². The summed E-state index contributed by atoms with van der Waals surface area (Å²) in [6.07, 6.45) is 3.68. The third-order valence-corrected chi connectivity index (χ3v) is 3.74. The Bertz CT molecular complexity index is 561. The zero-order valence-corrected chi connectivity index (χ0v) is 13.3. The molecule has 5 nitrogen and oxygen atoms in total. The lowest BCUT2D eigenvalue weighted by atomic mass is 10.2. The smallest absolute Gasteiger partial charge is 0.318 e. The van der Waals surface area contributed by atoms with Crippen molar-refractivity contribution in [2.45, 2.75) is 19.0 Å². The summed E-state index contributed by atoms with van der Waals surface area (Å²) in [5, 5.41) is 2.92. The molecule has 0 radical (unpaired) electrons. The highest BCUT2D eigenvalue weighted by Crippen LogP contribution is 2.15. The number of amides is 3. The van der Waals surface area contributed by atoms with E-state index in [1.54, 1.807) is 22.0 Å². The molecule has 1 aliphatic rings. The molecule has 1 atom stereocenters. The second kappa shape index (κ2) is 8.17. The molecule has 3 amide bonds. The molecule has 122 valence electrons. The molecule has 0 bridgehead atoms. The topological polar surface area (TPSA) is 52.7 Å². The second-order valence-electron chi connectivity index (χ2n) is 5.59. The Hall–Kier alpha value is -2.56. The summed E-state index contributed by atoms with van der Waals surface area (Å²) in [6.45, 7) is 9.32. The summed E-state index contributed by atoms with van der Waals surface area (Å²) >= 11 is 0. The summed E-state index contributed by atoms with van der Waals surface area (Å²) in [7, 11) is 0. The van der Waals surface area contributed by atoms with E-state index in [4.69, 9.17) is 0 Å². The highest BCUT2D eigenvalue weighted by atomic mass is 16.2. The molecular formula is C18H23N3O2. The van der Waals surface area contributed by atoms with E-state index in [9.17, 15) is 9.59 Å². The van der Waals surface area contributed by atoms with E-state index >= 15 is 0 Å². The van der Waals surface area contributed by atoms with Crippen molar-refractivity contribution in [3.05, 3.63) is 61.2 Å². The number of benzene rings is 1. The van der Waals surface area contributed by atoms with Crippen LogP contribution < -0.4 is 5.32 Å². The maximum atomic E-state index is 12.2. The average Bonchev–Trinajstić information content (AvgIpc) is 2.87. The van der Waals surface area contributed by atoms with E-state index in [0.29, 0.717) is 32.6 Å². The highest BCUT2D eigenvalue weighted by Gasteiger charge is 2.31. The molecule has 1 heterocycles. The van der Waals surface area contributed by atoms with E-state index < -0.39 is 0 Å². The van der Waals surface area contributed by atoms with Gasteiger partial charge in [0.1, 0.15) is 0 Å². The highest BCUT2D eigenvalue weighted by molar-refractivity contribution is 5.81. The largest absolute Gasteiger partial charge is 0.336 e. The van der Waals surface area contributed by atoms with Gasteiger partial charge in [0.25, 0.3) is 0 Å². The normalized spacial score (nSPS) is 17.0. The molecule has 1 unspecified atom stereocenters. The number of hydrogen-bond acceptors (Lipinski definition) is 2. The quantitative estimate of drug-likeness (QED) is 0.784. The lowest BCUT2D eigenvalue weighted by Crippen LogP contribution is -2.45. The van der Waals surface area contributed by atoms with Gasteiger partial charge in [-0.1, -0.05) is 42.5 Å². The van der Waals surface area contributed by atoms with Crippen LogP contribution in [0.15, 0.2) is 55.6 Å². The van der Waals surface area contributed by atoms with Crippen LogP contribution >= 0.6 is 0 Å². The first-order valence-corrected chi connectivity index (χ1v) is 7.73. The van der Waals surface area contributed by atoms with Gasteiger partial charge in [0, 0.05) is 32.6 Å². The van der Waals surface area contributed by atoms with Gasteiger partial charge < -0.3 is 15.1 Å². The number of hydrogen-bond donors (Lipinski definition) is 1. The summed E-state index contributed by atoms with van der Waals surface area (Å²) in [4.78, 5) is 27.7. The summed E-state index contributed by atoms with van der Waals surface area (Å²) in [5.41, 5.74) is 1.09. The molecule has 5 heteroatoms. The number of carbonyl (C=O) groups excluding carboxylic acids is 2. The van der Waals surface area contributed by atoms with Gasteiger partial charge in [-0.25, -0.2) is 4.79 Å². The van der Waals surface area contributed by atoms with Gasteiger partial charge in [-0.3, -0.25) is 4.79 Å². The molecule has 23 heavy (non-hydrogen) atoms. The van der Waals surface area contributed by atoms with Gasteiger partial charge in [0.15, 0.2) is 0 Å². The van der Waals surface area contributed by atoms with Crippen LogP contribution in [0.1, 0.15) is 12.0 Å². The number of carbonyl (C=O) groups is 2. The van der Waals surface area contributed by atoms with E-state index in [2.05, 4.69) is 18.5 Å². The molecule has 1 aromatic rings. The number of nitrogens with one attached hydrogen (secondary N) is 1. The lowest BCUT2D eigenvalue weighted by molar-refractivity contribution is -0.128. The van der Waals surface area contributed by atoms with Crippen molar-refractivity contribution >= 4 is 11.9 Å². The fraction of sp³-hybridized carbons (Fsp3) is 0.333. The zero-order valence-electron chi connectivity index (χ0n) is 13.3. The lowest BCUT2D eigenvalue weighted by Gasteiger charge is -2.23. The third-order valence-electron chi connectivity index (χ3n) is 3.74. The van der Waals surface area contributed by atoms with Gasteiger partial charge in [0.2, 0.25) is 5.91 Å². The van der Waals surface area contributed by atoms with Crippen molar-refractivity contribution < 1.29 is 9.59 Å². The van der Waals surface area contributed by atoms with Crippen LogP contribution in [-0.2, 0) is 11.3 Å². The monoisotopic (exact) mass is 313 g/mol. The zero-order chi connectivity index (χ0) is 16.7. The minimum Gasteiger partial charge on any atom is -0.336 e. The predicted molar refractivity (Wildman–Crippen MR) is 90.8 cm³/mol. The van der Waals surface area contributed by atoms with Crippen LogP contribution in [0.2, 0.25) is 0 Å². The van der Waals surface area contributed by atoms with E-state index in [1.807, 2.05) is 30.3 Å². The number of likely N-dealkylation sites (tertiary alicyclic amines) is 1. The predicted octanol–water partition coefficient (Wildman–Crippen LogP) is 2.17. The first-order valence-electron chi connectivity index (χ1n) is 7.73. The van der Waals surface area contributed by atoms with Crippen LogP contribution in [0.3, 0.4) is 0 Å².